The maximum Gasteiger partial charge on any atom is 0.260 e. The van der Waals surface area contributed by atoms with Crippen LogP contribution < -0.4 is 10.1 Å². The van der Waals surface area contributed by atoms with Gasteiger partial charge in [0.2, 0.25) is 0 Å². The summed E-state index contributed by atoms with van der Waals surface area (Å²) in [6.45, 7) is 1.63. The van der Waals surface area contributed by atoms with E-state index in [1.54, 1.807) is 0 Å². The summed E-state index contributed by atoms with van der Waals surface area (Å²) in [5.74, 6) is 2.85. The van der Waals surface area contributed by atoms with Gasteiger partial charge in [-0.2, -0.15) is 0 Å². The predicted octanol–water partition coefficient (Wildman–Crippen LogP) is 4.17. The van der Waals surface area contributed by atoms with Crippen molar-refractivity contribution in [3.05, 3.63) is 29.8 Å². The molecule has 1 aliphatic heterocycles. The van der Waals surface area contributed by atoms with Gasteiger partial charge in [-0.25, -0.2) is 0 Å². The highest BCUT2D eigenvalue weighted by Crippen LogP contribution is 2.55. The van der Waals surface area contributed by atoms with Gasteiger partial charge in [-0.05, 0) is 81.3 Å². The highest BCUT2D eigenvalue weighted by atomic mass is 16.5. The van der Waals surface area contributed by atoms with Crippen molar-refractivity contribution in [2.24, 2.45) is 17.8 Å². The van der Waals surface area contributed by atoms with Crippen LogP contribution in [0.2, 0.25) is 0 Å². The molecule has 1 aromatic rings. The quantitative estimate of drug-likeness (QED) is 0.793. The molecule has 1 aromatic carbocycles. The van der Waals surface area contributed by atoms with Gasteiger partial charge in [0.05, 0.1) is 5.56 Å². The van der Waals surface area contributed by atoms with Gasteiger partial charge < -0.3 is 15.0 Å². The maximum atomic E-state index is 13.3. The Hall–Kier alpha value is -2.04. The van der Waals surface area contributed by atoms with E-state index in [1.165, 1.54) is 32.1 Å². The van der Waals surface area contributed by atoms with Gasteiger partial charge >= 0.3 is 0 Å². The first-order chi connectivity index (χ1) is 14.6. The lowest BCUT2D eigenvalue weighted by Gasteiger charge is -2.56. The number of benzene rings is 1. The molecule has 1 N–H and O–H groups in total. The number of rotatable bonds is 5. The van der Waals surface area contributed by atoms with Crippen LogP contribution in [0.15, 0.2) is 24.3 Å². The van der Waals surface area contributed by atoms with Crippen molar-refractivity contribution in [1.82, 2.24) is 10.2 Å². The Labute approximate surface area is 179 Å². The summed E-state index contributed by atoms with van der Waals surface area (Å²) in [7, 11) is 0. The van der Waals surface area contributed by atoms with Crippen LogP contribution >= 0.6 is 0 Å². The summed E-state index contributed by atoms with van der Waals surface area (Å²) in [4.78, 5) is 27.8. The molecule has 1 saturated heterocycles. The van der Waals surface area contributed by atoms with Gasteiger partial charge in [-0.1, -0.05) is 25.0 Å². The zero-order chi connectivity index (χ0) is 20.6. The number of nitrogens with one attached hydrogen (secondary N) is 1. The number of hydrogen-bond acceptors (Lipinski definition) is 3. The van der Waals surface area contributed by atoms with Crippen molar-refractivity contribution in [2.75, 3.05) is 19.7 Å². The number of carbonyl (C=O) groups excluding carboxylic acids is 2. The normalized spacial score (nSPS) is 32.5. The molecule has 5 heteroatoms. The minimum absolute atomic E-state index is 0.00165. The largest absolute Gasteiger partial charge is 0.483 e. The molecular formula is C25H34N2O3. The van der Waals surface area contributed by atoms with Gasteiger partial charge in [0, 0.05) is 18.6 Å². The third kappa shape index (κ3) is 4.08. The van der Waals surface area contributed by atoms with Crippen molar-refractivity contribution < 1.29 is 14.3 Å². The molecule has 4 aliphatic carbocycles. The Morgan fingerprint density at radius 3 is 2.17 bits per heavy atom. The Morgan fingerprint density at radius 1 is 0.933 bits per heavy atom. The fraction of sp³-hybridized carbons (Fsp3) is 0.680. The van der Waals surface area contributed by atoms with Crippen LogP contribution in [-0.2, 0) is 4.79 Å². The monoisotopic (exact) mass is 410 g/mol. The Kier molecular flexibility index (Phi) is 5.46. The van der Waals surface area contributed by atoms with E-state index in [1.807, 2.05) is 29.2 Å². The number of likely N-dealkylation sites (tertiary alicyclic amines) is 1. The van der Waals surface area contributed by atoms with Crippen molar-refractivity contribution in [2.45, 2.75) is 69.7 Å². The molecule has 162 valence electrons. The molecule has 0 radical (unpaired) electrons. The first kappa shape index (κ1) is 19.9. The predicted molar refractivity (Wildman–Crippen MR) is 115 cm³/mol. The van der Waals surface area contributed by atoms with E-state index >= 15 is 0 Å². The average molecular weight is 411 g/mol. The first-order valence-electron chi connectivity index (χ1n) is 11.9. The second kappa shape index (κ2) is 8.24. The molecule has 0 spiro atoms. The number of nitrogens with zero attached hydrogens (tertiary/aromatic N) is 1. The fourth-order valence-corrected chi connectivity index (χ4v) is 6.90. The molecule has 5 nitrogen and oxygen atoms in total. The van der Waals surface area contributed by atoms with E-state index in [-0.39, 0.29) is 24.0 Å². The Bertz CT molecular complexity index is 762. The van der Waals surface area contributed by atoms with E-state index in [4.69, 9.17) is 4.74 Å². The van der Waals surface area contributed by atoms with Crippen LogP contribution in [0.1, 0.15) is 74.6 Å². The first-order valence-corrected chi connectivity index (χ1v) is 11.9. The molecule has 4 bridgehead atoms. The van der Waals surface area contributed by atoms with Crippen molar-refractivity contribution in [3.8, 4) is 5.75 Å². The van der Waals surface area contributed by atoms with E-state index in [0.717, 1.165) is 62.9 Å². The fourth-order valence-electron chi connectivity index (χ4n) is 6.90. The average Bonchev–Trinajstić information content (AvgIpc) is 3.00. The van der Waals surface area contributed by atoms with Crippen molar-refractivity contribution >= 4 is 11.8 Å². The van der Waals surface area contributed by atoms with Gasteiger partial charge in [-0.15, -0.1) is 0 Å². The molecule has 30 heavy (non-hydrogen) atoms. The summed E-state index contributed by atoms with van der Waals surface area (Å²) in [5, 5.41) is 3.43. The number of carbonyl (C=O) groups is 2. The van der Waals surface area contributed by atoms with Gasteiger partial charge in [0.1, 0.15) is 5.75 Å². The molecule has 5 aliphatic rings. The van der Waals surface area contributed by atoms with Gasteiger partial charge in [0.15, 0.2) is 6.61 Å². The Balaban J connectivity index is 1.24. The third-order valence-electron chi connectivity index (χ3n) is 7.86. The van der Waals surface area contributed by atoms with Crippen LogP contribution in [0.4, 0.5) is 0 Å². The van der Waals surface area contributed by atoms with Crippen molar-refractivity contribution in [3.63, 3.8) is 0 Å². The topological polar surface area (TPSA) is 58.6 Å². The second-order valence-corrected chi connectivity index (χ2v) is 10.2. The summed E-state index contributed by atoms with van der Waals surface area (Å²) >= 11 is 0. The number of ether oxygens (including phenoxy) is 1. The van der Waals surface area contributed by atoms with Crippen LogP contribution in [0.5, 0.6) is 5.75 Å². The third-order valence-corrected chi connectivity index (χ3v) is 7.86. The number of para-hydroxylation sites is 1. The lowest BCUT2D eigenvalue weighted by molar-refractivity contribution is -0.133. The summed E-state index contributed by atoms with van der Waals surface area (Å²) < 4.78 is 5.88. The minimum atomic E-state index is -0.0465. The van der Waals surface area contributed by atoms with Crippen LogP contribution in [0, 0.1) is 17.8 Å². The van der Waals surface area contributed by atoms with Crippen LogP contribution in [0.3, 0.4) is 0 Å². The SMILES string of the molecule is O=C(NC12CC3CC(CC(C3)C1)C2)c1ccccc1OCC(=O)N1CCCCCC1. The summed E-state index contributed by atoms with van der Waals surface area (Å²) in [6, 6.07) is 7.37. The zero-order valence-corrected chi connectivity index (χ0v) is 17.9. The molecule has 5 fully saturated rings. The summed E-state index contributed by atoms with van der Waals surface area (Å²) in [5.41, 5.74) is 0.526. The molecule has 4 saturated carbocycles. The molecule has 0 unspecified atom stereocenters. The standard InChI is InChI=1S/C25H34N2O3/c28-23(27-9-5-1-2-6-10-27)17-30-22-8-4-3-7-21(22)24(29)26-25-14-18-11-19(15-25)13-20(12-18)16-25/h3-4,7-8,18-20H,1-2,5-6,9-17H2,(H,26,29). The highest BCUT2D eigenvalue weighted by Gasteiger charge is 2.51. The highest BCUT2D eigenvalue weighted by molar-refractivity contribution is 5.97. The molecule has 0 atom stereocenters. The van der Waals surface area contributed by atoms with E-state index in [0.29, 0.717) is 11.3 Å². The van der Waals surface area contributed by atoms with E-state index < -0.39 is 0 Å². The minimum Gasteiger partial charge on any atom is -0.483 e. The molecule has 0 aromatic heterocycles. The molecular weight excluding hydrogens is 376 g/mol. The van der Waals surface area contributed by atoms with E-state index in [9.17, 15) is 9.59 Å². The van der Waals surface area contributed by atoms with E-state index in [2.05, 4.69) is 5.32 Å². The maximum absolute atomic E-state index is 13.3. The molecule has 1 heterocycles. The second-order valence-electron chi connectivity index (χ2n) is 10.2. The van der Waals surface area contributed by atoms with Gasteiger partial charge in [0.25, 0.3) is 11.8 Å². The summed E-state index contributed by atoms with van der Waals surface area (Å²) in [6.07, 6.45) is 12.0. The molecule has 2 amide bonds. The number of hydrogen-bond donors (Lipinski definition) is 1. The number of amides is 2. The lowest BCUT2D eigenvalue weighted by Crippen LogP contribution is -2.59. The molecule has 6 rings (SSSR count). The van der Waals surface area contributed by atoms with Crippen LogP contribution in [-0.4, -0.2) is 41.9 Å². The Morgan fingerprint density at radius 2 is 1.53 bits per heavy atom. The smallest absolute Gasteiger partial charge is 0.260 e. The lowest BCUT2D eigenvalue weighted by atomic mass is 9.53. The zero-order valence-electron chi connectivity index (χ0n) is 17.9. The van der Waals surface area contributed by atoms with Crippen LogP contribution in [0.25, 0.3) is 0 Å². The van der Waals surface area contributed by atoms with Crippen molar-refractivity contribution in [1.29, 1.82) is 0 Å². The van der Waals surface area contributed by atoms with Gasteiger partial charge in [-0.3, -0.25) is 9.59 Å².